The average molecular weight is 220 g/mol. The minimum absolute atomic E-state index is 0.242. The van der Waals surface area contributed by atoms with Crippen molar-refractivity contribution in [2.24, 2.45) is 0 Å². The van der Waals surface area contributed by atoms with Gasteiger partial charge in [-0.05, 0) is 31.8 Å². The Bertz CT molecular complexity index is 238. The van der Waals surface area contributed by atoms with Gasteiger partial charge in [-0.2, -0.15) is 0 Å². The zero-order valence-electron chi connectivity index (χ0n) is 10.3. The second kappa shape index (κ2) is 9.38. The summed E-state index contributed by atoms with van der Waals surface area (Å²) in [5, 5.41) is 0. The van der Waals surface area contributed by atoms with E-state index in [0.717, 1.165) is 12.8 Å². The first-order valence-corrected chi connectivity index (χ1v) is 6.74. The van der Waals surface area contributed by atoms with Crippen molar-refractivity contribution in [1.82, 2.24) is 0 Å². The van der Waals surface area contributed by atoms with Crippen LogP contribution in [-0.4, -0.2) is 5.78 Å². The van der Waals surface area contributed by atoms with Gasteiger partial charge in [0, 0.05) is 6.42 Å². The molecule has 16 heavy (non-hydrogen) atoms. The van der Waals surface area contributed by atoms with E-state index in [2.05, 4.69) is 6.08 Å². The van der Waals surface area contributed by atoms with E-state index in [-0.39, 0.29) is 5.78 Å². The molecule has 0 aromatic carbocycles. The third-order valence-corrected chi connectivity index (χ3v) is 3.03. The SMILES string of the molecule is O=C1/C=C\CCCCCCCCC/C=C\C1. The van der Waals surface area contributed by atoms with Gasteiger partial charge in [-0.15, -0.1) is 0 Å². The van der Waals surface area contributed by atoms with Gasteiger partial charge in [0.1, 0.15) is 0 Å². The number of rotatable bonds is 0. The summed E-state index contributed by atoms with van der Waals surface area (Å²) < 4.78 is 0. The van der Waals surface area contributed by atoms with Crippen LogP contribution in [-0.2, 0) is 4.79 Å². The summed E-state index contributed by atoms with van der Waals surface area (Å²) in [5.74, 6) is 0.242. The molecule has 1 nitrogen and oxygen atoms in total. The fraction of sp³-hybridized carbons (Fsp3) is 0.667. The first-order chi connectivity index (χ1) is 7.89. The molecule has 0 atom stereocenters. The molecular formula is C15H24O. The van der Waals surface area contributed by atoms with E-state index < -0.39 is 0 Å². The van der Waals surface area contributed by atoms with E-state index in [0.29, 0.717) is 6.42 Å². The third kappa shape index (κ3) is 7.44. The van der Waals surface area contributed by atoms with Crippen LogP contribution in [0, 0.1) is 0 Å². The predicted octanol–water partition coefficient (Wildman–Crippen LogP) is 4.58. The highest BCUT2D eigenvalue weighted by Crippen LogP contribution is 2.10. The molecule has 90 valence electrons. The van der Waals surface area contributed by atoms with Crippen molar-refractivity contribution >= 4 is 5.78 Å². The van der Waals surface area contributed by atoms with Crippen LogP contribution in [0.1, 0.15) is 64.2 Å². The molecule has 1 rings (SSSR count). The van der Waals surface area contributed by atoms with Crippen LogP contribution in [0.5, 0.6) is 0 Å². The van der Waals surface area contributed by atoms with Crippen molar-refractivity contribution in [1.29, 1.82) is 0 Å². The fourth-order valence-corrected chi connectivity index (χ4v) is 2.01. The summed E-state index contributed by atoms with van der Waals surface area (Å²) in [6.07, 6.45) is 20.0. The van der Waals surface area contributed by atoms with Crippen molar-refractivity contribution in [3.63, 3.8) is 0 Å². The average Bonchev–Trinajstić information content (AvgIpc) is 2.29. The Morgan fingerprint density at radius 2 is 1.25 bits per heavy atom. The quantitative estimate of drug-likeness (QED) is 0.546. The van der Waals surface area contributed by atoms with Crippen LogP contribution in [0.25, 0.3) is 0 Å². The van der Waals surface area contributed by atoms with Crippen molar-refractivity contribution < 1.29 is 4.79 Å². The number of carbonyl (C=O) groups excluding carboxylic acids is 1. The van der Waals surface area contributed by atoms with Crippen molar-refractivity contribution in [3.05, 3.63) is 24.3 Å². The highest BCUT2D eigenvalue weighted by Gasteiger charge is 1.94. The maximum atomic E-state index is 11.4. The predicted molar refractivity (Wildman–Crippen MR) is 69.5 cm³/mol. The zero-order valence-corrected chi connectivity index (χ0v) is 10.3. The van der Waals surface area contributed by atoms with Crippen LogP contribution in [0.15, 0.2) is 24.3 Å². The van der Waals surface area contributed by atoms with Gasteiger partial charge >= 0.3 is 0 Å². The highest BCUT2D eigenvalue weighted by molar-refractivity contribution is 5.90. The molecule has 0 unspecified atom stereocenters. The van der Waals surface area contributed by atoms with E-state index in [1.54, 1.807) is 6.08 Å². The van der Waals surface area contributed by atoms with E-state index >= 15 is 0 Å². The summed E-state index contributed by atoms with van der Waals surface area (Å²) in [5.41, 5.74) is 0. The minimum Gasteiger partial charge on any atom is -0.295 e. The molecule has 0 amide bonds. The van der Waals surface area contributed by atoms with Crippen LogP contribution in [0.4, 0.5) is 0 Å². The van der Waals surface area contributed by atoms with Gasteiger partial charge in [0.15, 0.2) is 5.78 Å². The summed E-state index contributed by atoms with van der Waals surface area (Å²) in [7, 11) is 0. The number of ketones is 1. The molecule has 0 saturated carbocycles. The topological polar surface area (TPSA) is 17.1 Å². The van der Waals surface area contributed by atoms with Crippen LogP contribution in [0.2, 0.25) is 0 Å². The molecule has 0 aromatic heterocycles. The Balaban J connectivity index is 2.29. The maximum Gasteiger partial charge on any atom is 0.159 e. The molecule has 0 spiro atoms. The van der Waals surface area contributed by atoms with Crippen molar-refractivity contribution in [2.75, 3.05) is 0 Å². The van der Waals surface area contributed by atoms with Gasteiger partial charge < -0.3 is 0 Å². The first kappa shape index (κ1) is 13.2. The molecule has 0 heterocycles. The Morgan fingerprint density at radius 3 is 1.94 bits per heavy atom. The smallest absolute Gasteiger partial charge is 0.159 e. The van der Waals surface area contributed by atoms with Crippen molar-refractivity contribution in [3.8, 4) is 0 Å². The molecule has 0 radical (unpaired) electrons. The first-order valence-electron chi connectivity index (χ1n) is 6.74. The molecule has 0 aromatic rings. The van der Waals surface area contributed by atoms with E-state index in [1.807, 2.05) is 12.2 Å². The molecule has 1 aliphatic carbocycles. The van der Waals surface area contributed by atoms with Crippen LogP contribution in [0.3, 0.4) is 0 Å². The van der Waals surface area contributed by atoms with Crippen LogP contribution >= 0.6 is 0 Å². The minimum atomic E-state index is 0.242. The van der Waals surface area contributed by atoms with E-state index in [1.165, 1.54) is 44.9 Å². The maximum absolute atomic E-state index is 11.4. The molecule has 0 saturated heterocycles. The highest BCUT2D eigenvalue weighted by atomic mass is 16.1. The van der Waals surface area contributed by atoms with E-state index in [9.17, 15) is 4.79 Å². The Labute approximate surface area is 99.6 Å². The second-order valence-electron chi connectivity index (χ2n) is 4.60. The number of hydrogen-bond acceptors (Lipinski definition) is 1. The molecule has 0 aliphatic heterocycles. The molecule has 0 N–H and O–H groups in total. The Kier molecular flexibility index (Phi) is 7.75. The summed E-state index contributed by atoms with van der Waals surface area (Å²) in [6, 6.07) is 0. The monoisotopic (exact) mass is 220 g/mol. The lowest BCUT2D eigenvalue weighted by Crippen LogP contribution is -1.88. The number of carbonyl (C=O) groups is 1. The van der Waals surface area contributed by atoms with Gasteiger partial charge in [0.2, 0.25) is 0 Å². The lowest BCUT2D eigenvalue weighted by Gasteiger charge is -1.99. The molecule has 1 aliphatic rings. The lowest BCUT2D eigenvalue weighted by atomic mass is 10.1. The second-order valence-corrected chi connectivity index (χ2v) is 4.60. The Hall–Kier alpha value is -0.850. The van der Waals surface area contributed by atoms with Gasteiger partial charge in [0.05, 0.1) is 0 Å². The van der Waals surface area contributed by atoms with E-state index in [4.69, 9.17) is 0 Å². The summed E-state index contributed by atoms with van der Waals surface area (Å²) >= 11 is 0. The van der Waals surface area contributed by atoms with Gasteiger partial charge in [-0.3, -0.25) is 4.79 Å². The van der Waals surface area contributed by atoms with Crippen molar-refractivity contribution in [2.45, 2.75) is 64.2 Å². The molecule has 0 bridgehead atoms. The van der Waals surface area contributed by atoms with Gasteiger partial charge in [-0.25, -0.2) is 0 Å². The molecule has 0 fully saturated rings. The standard InChI is InChI=1S/C15H24O/c16-15-13-11-9-7-5-3-1-2-4-6-8-10-12-14-15/h9,11-12,14H,1-8,10,13H2/b11-9-,14-12-. The molecular weight excluding hydrogens is 196 g/mol. The largest absolute Gasteiger partial charge is 0.295 e. The lowest BCUT2D eigenvalue weighted by molar-refractivity contribution is -0.113. The number of allylic oxidation sites excluding steroid dienone is 4. The molecule has 1 heteroatoms. The third-order valence-electron chi connectivity index (χ3n) is 3.03. The van der Waals surface area contributed by atoms with Crippen LogP contribution < -0.4 is 0 Å². The number of hydrogen-bond donors (Lipinski definition) is 0. The van der Waals surface area contributed by atoms with Gasteiger partial charge in [-0.1, -0.05) is 50.3 Å². The van der Waals surface area contributed by atoms with Gasteiger partial charge in [0.25, 0.3) is 0 Å². The Morgan fingerprint density at radius 1 is 0.688 bits per heavy atom. The summed E-state index contributed by atoms with van der Waals surface area (Å²) in [6.45, 7) is 0. The summed E-state index contributed by atoms with van der Waals surface area (Å²) in [4.78, 5) is 11.4. The zero-order chi connectivity index (χ0) is 11.5. The normalized spacial score (nSPS) is 25.4. The fourth-order valence-electron chi connectivity index (χ4n) is 2.01.